The zero-order chi connectivity index (χ0) is 13.7. The van der Waals surface area contributed by atoms with Gasteiger partial charge in [-0.15, -0.1) is 0 Å². The maximum Gasteiger partial charge on any atom is 0.251 e. The molecule has 1 aliphatic carbocycles. The Bertz CT molecular complexity index is 519. The van der Waals surface area contributed by atoms with Gasteiger partial charge < -0.3 is 11.1 Å². The molecule has 0 heterocycles. The first-order chi connectivity index (χ1) is 9.19. The summed E-state index contributed by atoms with van der Waals surface area (Å²) in [6, 6.07) is 6.04. The maximum atomic E-state index is 12.2. The summed E-state index contributed by atoms with van der Waals surface area (Å²) in [6.45, 7) is 2.30. The molecule has 100 valence electrons. The molecule has 0 unspecified atom stereocenters. The van der Waals surface area contributed by atoms with Crippen LogP contribution in [-0.2, 0) is 0 Å². The summed E-state index contributed by atoms with van der Waals surface area (Å²) in [6.07, 6.45) is 4.62. The number of carbonyl (C=O) groups is 1. The number of benzene rings is 1. The van der Waals surface area contributed by atoms with Crippen LogP contribution >= 0.6 is 0 Å². The fourth-order valence-corrected chi connectivity index (χ4v) is 2.48. The average molecular weight is 256 g/mol. The number of carbonyl (C=O) groups excluding carboxylic acids is 1. The molecule has 2 rings (SSSR count). The van der Waals surface area contributed by atoms with E-state index < -0.39 is 0 Å². The van der Waals surface area contributed by atoms with Crippen molar-refractivity contribution in [3.63, 3.8) is 0 Å². The third-order valence-electron chi connectivity index (χ3n) is 3.36. The lowest BCUT2D eigenvalue weighted by Gasteiger charge is -2.12. The highest BCUT2D eigenvalue weighted by Crippen LogP contribution is 2.18. The van der Waals surface area contributed by atoms with Crippen molar-refractivity contribution < 1.29 is 4.79 Å². The molecule has 19 heavy (non-hydrogen) atoms. The Kier molecular flexibility index (Phi) is 4.59. The van der Waals surface area contributed by atoms with Crippen molar-refractivity contribution in [1.29, 1.82) is 0 Å². The van der Waals surface area contributed by atoms with Crippen LogP contribution in [0, 0.1) is 18.8 Å². The molecular formula is C16H20N2O. The predicted octanol–water partition coefficient (Wildman–Crippen LogP) is 1.98. The molecule has 1 aromatic rings. The minimum absolute atomic E-state index is 0.00592. The first-order valence-electron chi connectivity index (χ1n) is 6.80. The molecule has 0 radical (unpaired) electrons. The number of hydrogen-bond acceptors (Lipinski definition) is 2. The fraction of sp³-hybridized carbons (Fsp3) is 0.438. The highest BCUT2D eigenvalue weighted by molar-refractivity contribution is 5.95. The minimum Gasteiger partial charge on any atom is -0.349 e. The van der Waals surface area contributed by atoms with Crippen molar-refractivity contribution in [1.82, 2.24) is 5.32 Å². The van der Waals surface area contributed by atoms with Gasteiger partial charge in [0.1, 0.15) is 0 Å². The van der Waals surface area contributed by atoms with Gasteiger partial charge in [0.25, 0.3) is 5.91 Å². The van der Waals surface area contributed by atoms with E-state index in [0.717, 1.165) is 24.0 Å². The van der Waals surface area contributed by atoms with Crippen LogP contribution in [0.5, 0.6) is 0 Å². The van der Waals surface area contributed by atoms with E-state index in [2.05, 4.69) is 17.2 Å². The standard InChI is InChI=1S/C16H20N2O/c1-12-9-13(5-4-8-17)11-14(10-12)16(19)18-15-6-2-3-7-15/h9-11,15H,2-3,6-8,17H2,1H3,(H,18,19). The lowest BCUT2D eigenvalue weighted by molar-refractivity contribution is 0.0938. The van der Waals surface area contributed by atoms with E-state index in [1.165, 1.54) is 12.8 Å². The number of amides is 1. The summed E-state index contributed by atoms with van der Waals surface area (Å²) in [5, 5.41) is 3.09. The van der Waals surface area contributed by atoms with E-state index in [1.54, 1.807) is 0 Å². The van der Waals surface area contributed by atoms with Gasteiger partial charge in [-0.25, -0.2) is 0 Å². The van der Waals surface area contributed by atoms with Crippen LogP contribution in [0.15, 0.2) is 18.2 Å². The number of hydrogen-bond donors (Lipinski definition) is 2. The number of nitrogens with one attached hydrogen (secondary N) is 1. The number of aryl methyl sites for hydroxylation is 1. The van der Waals surface area contributed by atoms with Crippen LogP contribution in [0.1, 0.15) is 47.2 Å². The molecule has 0 bridgehead atoms. The largest absolute Gasteiger partial charge is 0.349 e. The fourth-order valence-electron chi connectivity index (χ4n) is 2.48. The normalized spacial score (nSPS) is 14.8. The quantitative estimate of drug-likeness (QED) is 0.795. The number of nitrogens with two attached hydrogens (primary N) is 1. The molecular weight excluding hydrogens is 236 g/mol. The van der Waals surface area contributed by atoms with Gasteiger partial charge in [-0.3, -0.25) is 4.79 Å². The van der Waals surface area contributed by atoms with Crippen LogP contribution in [0.4, 0.5) is 0 Å². The van der Waals surface area contributed by atoms with E-state index in [9.17, 15) is 4.79 Å². The second kappa shape index (κ2) is 6.40. The Balaban J connectivity index is 2.13. The lowest BCUT2D eigenvalue weighted by Crippen LogP contribution is -2.32. The van der Waals surface area contributed by atoms with Gasteiger partial charge in [0.2, 0.25) is 0 Å². The third kappa shape index (κ3) is 3.84. The molecule has 1 aromatic carbocycles. The topological polar surface area (TPSA) is 55.1 Å². The van der Waals surface area contributed by atoms with Crippen molar-refractivity contribution in [2.45, 2.75) is 38.6 Å². The van der Waals surface area contributed by atoms with Crippen molar-refractivity contribution in [2.24, 2.45) is 5.73 Å². The van der Waals surface area contributed by atoms with Crippen LogP contribution < -0.4 is 11.1 Å². The Morgan fingerprint density at radius 2 is 2.11 bits per heavy atom. The molecule has 3 nitrogen and oxygen atoms in total. The molecule has 0 saturated heterocycles. The molecule has 1 amide bonds. The Labute approximate surface area is 114 Å². The van der Waals surface area contributed by atoms with Gasteiger partial charge in [0.15, 0.2) is 0 Å². The molecule has 1 aliphatic rings. The highest BCUT2D eigenvalue weighted by atomic mass is 16.1. The van der Waals surface area contributed by atoms with E-state index in [4.69, 9.17) is 5.73 Å². The van der Waals surface area contributed by atoms with Crippen molar-refractivity contribution in [3.8, 4) is 11.8 Å². The lowest BCUT2D eigenvalue weighted by atomic mass is 10.1. The summed E-state index contributed by atoms with van der Waals surface area (Å²) < 4.78 is 0. The first-order valence-corrected chi connectivity index (χ1v) is 6.80. The van der Waals surface area contributed by atoms with Gasteiger partial charge in [0, 0.05) is 17.2 Å². The molecule has 0 aliphatic heterocycles. The summed E-state index contributed by atoms with van der Waals surface area (Å²) in [5.74, 6) is 5.80. The first kappa shape index (κ1) is 13.6. The molecule has 1 fully saturated rings. The minimum atomic E-state index is 0.00592. The van der Waals surface area contributed by atoms with E-state index in [1.807, 2.05) is 25.1 Å². The molecule has 0 aromatic heterocycles. The summed E-state index contributed by atoms with van der Waals surface area (Å²) in [5.41, 5.74) is 7.95. The Hall–Kier alpha value is -1.79. The van der Waals surface area contributed by atoms with Crippen molar-refractivity contribution in [2.75, 3.05) is 6.54 Å². The Morgan fingerprint density at radius 3 is 2.79 bits per heavy atom. The van der Waals surface area contributed by atoms with E-state index >= 15 is 0 Å². The zero-order valence-corrected chi connectivity index (χ0v) is 11.3. The zero-order valence-electron chi connectivity index (χ0n) is 11.3. The van der Waals surface area contributed by atoms with E-state index in [-0.39, 0.29) is 5.91 Å². The smallest absolute Gasteiger partial charge is 0.251 e. The summed E-state index contributed by atoms with van der Waals surface area (Å²) >= 11 is 0. The molecule has 0 spiro atoms. The molecule has 3 heteroatoms. The van der Waals surface area contributed by atoms with E-state index in [0.29, 0.717) is 18.2 Å². The van der Waals surface area contributed by atoms with Gasteiger partial charge in [-0.1, -0.05) is 24.7 Å². The van der Waals surface area contributed by atoms with Crippen LogP contribution in [0.2, 0.25) is 0 Å². The third-order valence-corrected chi connectivity index (χ3v) is 3.36. The predicted molar refractivity (Wildman–Crippen MR) is 76.8 cm³/mol. The van der Waals surface area contributed by atoms with Crippen molar-refractivity contribution in [3.05, 3.63) is 34.9 Å². The summed E-state index contributed by atoms with van der Waals surface area (Å²) in [7, 11) is 0. The molecule has 0 atom stereocenters. The average Bonchev–Trinajstić information content (AvgIpc) is 2.88. The van der Waals surface area contributed by atoms with Crippen LogP contribution in [0.3, 0.4) is 0 Å². The number of rotatable bonds is 2. The van der Waals surface area contributed by atoms with Crippen LogP contribution in [-0.4, -0.2) is 18.5 Å². The monoisotopic (exact) mass is 256 g/mol. The van der Waals surface area contributed by atoms with Gasteiger partial charge >= 0.3 is 0 Å². The van der Waals surface area contributed by atoms with Crippen LogP contribution in [0.25, 0.3) is 0 Å². The van der Waals surface area contributed by atoms with Gasteiger partial charge in [0.05, 0.1) is 6.54 Å². The SMILES string of the molecule is Cc1cc(C#CCN)cc(C(=O)NC2CCCC2)c1. The van der Waals surface area contributed by atoms with Gasteiger partial charge in [-0.05, 0) is 43.5 Å². The molecule has 3 N–H and O–H groups in total. The Morgan fingerprint density at radius 1 is 1.37 bits per heavy atom. The highest BCUT2D eigenvalue weighted by Gasteiger charge is 2.18. The van der Waals surface area contributed by atoms with Crippen molar-refractivity contribution >= 4 is 5.91 Å². The molecule has 1 saturated carbocycles. The second-order valence-corrected chi connectivity index (χ2v) is 5.05. The summed E-state index contributed by atoms with van der Waals surface area (Å²) in [4.78, 5) is 12.2. The van der Waals surface area contributed by atoms with Gasteiger partial charge in [-0.2, -0.15) is 0 Å². The second-order valence-electron chi connectivity index (χ2n) is 5.05. The maximum absolute atomic E-state index is 12.2.